The molecule has 31 heavy (non-hydrogen) atoms. The SMILES string of the molecule is COc1cccc(CNC(=O)Cc2ccc(-c3cn[nH]c3)cc2)c1.O=C(O)C(F)(F)F. The number of alkyl halides is 3. The van der Waals surface area contributed by atoms with Crippen molar-refractivity contribution in [2.24, 2.45) is 0 Å². The summed E-state index contributed by atoms with van der Waals surface area (Å²) in [6.45, 7) is 0.489. The maximum absolute atomic E-state index is 12.1. The van der Waals surface area contributed by atoms with Gasteiger partial charge < -0.3 is 15.2 Å². The van der Waals surface area contributed by atoms with Gasteiger partial charge in [0.1, 0.15) is 5.75 Å². The van der Waals surface area contributed by atoms with E-state index in [9.17, 15) is 18.0 Å². The molecule has 0 aliphatic rings. The number of aromatic amines is 1. The van der Waals surface area contributed by atoms with Crippen LogP contribution in [0, 0.1) is 0 Å². The lowest BCUT2D eigenvalue weighted by atomic mass is 10.1. The highest BCUT2D eigenvalue weighted by atomic mass is 19.4. The maximum Gasteiger partial charge on any atom is 0.490 e. The zero-order chi connectivity index (χ0) is 22.9. The van der Waals surface area contributed by atoms with E-state index >= 15 is 0 Å². The molecule has 1 amide bonds. The highest BCUT2D eigenvalue weighted by Crippen LogP contribution is 2.18. The standard InChI is InChI=1S/C19H19N3O2.C2HF3O2/c1-24-18-4-2-3-15(9-18)11-20-19(23)10-14-5-7-16(8-6-14)17-12-21-22-13-17;3-2(4,5)1(6)7/h2-9,12-13H,10-11H2,1H3,(H,20,23)(H,21,22);(H,6,7). The van der Waals surface area contributed by atoms with Crippen LogP contribution in [0.15, 0.2) is 60.9 Å². The Hall–Kier alpha value is -3.82. The summed E-state index contributed by atoms with van der Waals surface area (Å²) in [4.78, 5) is 21.0. The minimum atomic E-state index is -5.08. The molecule has 0 radical (unpaired) electrons. The highest BCUT2D eigenvalue weighted by Gasteiger charge is 2.38. The zero-order valence-electron chi connectivity index (χ0n) is 16.4. The van der Waals surface area contributed by atoms with Crippen LogP contribution in [0.3, 0.4) is 0 Å². The first-order valence-electron chi connectivity index (χ1n) is 8.97. The van der Waals surface area contributed by atoms with Crippen LogP contribution in [0.5, 0.6) is 5.75 Å². The van der Waals surface area contributed by atoms with Crippen molar-refractivity contribution in [3.05, 3.63) is 72.1 Å². The number of amides is 1. The monoisotopic (exact) mass is 435 g/mol. The Bertz CT molecular complexity index is 988. The highest BCUT2D eigenvalue weighted by molar-refractivity contribution is 5.78. The van der Waals surface area contributed by atoms with Gasteiger partial charge in [-0.3, -0.25) is 9.89 Å². The zero-order valence-corrected chi connectivity index (χ0v) is 16.4. The second-order valence-electron chi connectivity index (χ2n) is 6.29. The van der Waals surface area contributed by atoms with Crippen LogP contribution < -0.4 is 10.1 Å². The normalized spacial score (nSPS) is 10.6. The van der Waals surface area contributed by atoms with E-state index in [1.54, 1.807) is 13.3 Å². The lowest BCUT2D eigenvalue weighted by molar-refractivity contribution is -0.192. The molecule has 2 aromatic carbocycles. The first kappa shape index (κ1) is 23.5. The second kappa shape index (κ2) is 10.8. The Balaban J connectivity index is 0.000000423. The molecule has 7 nitrogen and oxygen atoms in total. The Morgan fingerprint density at radius 2 is 1.77 bits per heavy atom. The van der Waals surface area contributed by atoms with Crippen molar-refractivity contribution < 1.29 is 32.6 Å². The molecule has 3 aromatic rings. The van der Waals surface area contributed by atoms with Gasteiger partial charge in [-0.1, -0.05) is 36.4 Å². The smallest absolute Gasteiger partial charge is 0.490 e. The van der Waals surface area contributed by atoms with Gasteiger partial charge in [0.15, 0.2) is 0 Å². The number of carboxylic acid groups (broad SMARTS) is 1. The van der Waals surface area contributed by atoms with Crippen molar-refractivity contribution in [1.29, 1.82) is 0 Å². The minimum absolute atomic E-state index is 0.00567. The van der Waals surface area contributed by atoms with Crippen LogP contribution in [0.2, 0.25) is 0 Å². The molecule has 0 aliphatic carbocycles. The van der Waals surface area contributed by atoms with E-state index in [2.05, 4.69) is 15.5 Å². The van der Waals surface area contributed by atoms with E-state index in [0.29, 0.717) is 13.0 Å². The van der Waals surface area contributed by atoms with Gasteiger partial charge in [-0.15, -0.1) is 0 Å². The molecule has 1 heterocycles. The summed E-state index contributed by atoms with van der Waals surface area (Å²) in [5, 5.41) is 16.8. The number of ether oxygens (including phenoxy) is 1. The molecule has 0 atom stereocenters. The van der Waals surface area contributed by atoms with Gasteiger partial charge in [-0.25, -0.2) is 4.79 Å². The molecule has 3 rings (SSSR count). The fraction of sp³-hybridized carbons (Fsp3) is 0.190. The summed E-state index contributed by atoms with van der Waals surface area (Å²) in [7, 11) is 1.63. The number of carbonyl (C=O) groups is 2. The van der Waals surface area contributed by atoms with Gasteiger partial charge >= 0.3 is 12.1 Å². The number of nitrogens with zero attached hydrogens (tertiary/aromatic N) is 1. The van der Waals surface area contributed by atoms with Crippen molar-refractivity contribution in [2.45, 2.75) is 19.1 Å². The molecule has 0 fully saturated rings. The van der Waals surface area contributed by atoms with E-state index in [4.69, 9.17) is 14.6 Å². The van der Waals surface area contributed by atoms with Crippen LogP contribution in [0.25, 0.3) is 11.1 Å². The van der Waals surface area contributed by atoms with Crippen LogP contribution in [-0.2, 0) is 22.6 Å². The lowest BCUT2D eigenvalue weighted by Crippen LogP contribution is -2.24. The van der Waals surface area contributed by atoms with Crippen molar-refractivity contribution in [3.8, 4) is 16.9 Å². The Kier molecular flexibility index (Phi) is 8.18. The molecular weight excluding hydrogens is 415 g/mol. The fourth-order valence-electron chi connectivity index (χ4n) is 2.45. The molecule has 3 N–H and O–H groups in total. The average molecular weight is 435 g/mol. The number of halogens is 3. The van der Waals surface area contributed by atoms with Crippen molar-refractivity contribution in [3.63, 3.8) is 0 Å². The number of carbonyl (C=O) groups excluding carboxylic acids is 1. The molecule has 0 bridgehead atoms. The van der Waals surface area contributed by atoms with E-state index in [1.807, 2.05) is 54.7 Å². The first-order valence-corrected chi connectivity index (χ1v) is 8.97. The molecule has 0 unspecified atom stereocenters. The number of aliphatic carboxylic acids is 1. The molecule has 0 spiro atoms. The number of benzene rings is 2. The van der Waals surface area contributed by atoms with Gasteiger partial charge in [0.05, 0.1) is 19.7 Å². The topological polar surface area (TPSA) is 104 Å². The fourth-order valence-corrected chi connectivity index (χ4v) is 2.45. The first-order chi connectivity index (χ1) is 14.7. The van der Waals surface area contributed by atoms with E-state index in [0.717, 1.165) is 28.0 Å². The van der Waals surface area contributed by atoms with Crippen LogP contribution in [-0.4, -0.2) is 40.5 Å². The molecule has 10 heteroatoms. The van der Waals surface area contributed by atoms with Crippen molar-refractivity contribution in [2.75, 3.05) is 7.11 Å². The average Bonchev–Trinajstić information content (AvgIpc) is 3.28. The van der Waals surface area contributed by atoms with Gasteiger partial charge in [0.2, 0.25) is 5.91 Å². The van der Waals surface area contributed by atoms with Gasteiger partial charge in [0, 0.05) is 18.3 Å². The molecule has 1 aromatic heterocycles. The third-order valence-corrected chi connectivity index (χ3v) is 4.02. The predicted molar refractivity (Wildman–Crippen MR) is 106 cm³/mol. The van der Waals surface area contributed by atoms with E-state index in [-0.39, 0.29) is 5.91 Å². The Morgan fingerprint density at radius 3 is 2.32 bits per heavy atom. The van der Waals surface area contributed by atoms with Crippen molar-refractivity contribution in [1.82, 2.24) is 15.5 Å². The van der Waals surface area contributed by atoms with Crippen LogP contribution in [0.4, 0.5) is 13.2 Å². The lowest BCUT2D eigenvalue weighted by Gasteiger charge is -2.07. The van der Waals surface area contributed by atoms with Crippen LogP contribution >= 0.6 is 0 Å². The summed E-state index contributed by atoms with van der Waals surface area (Å²) in [5.74, 6) is -1.97. The van der Waals surface area contributed by atoms with Gasteiger partial charge in [-0.05, 0) is 28.8 Å². The van der Waals surface area contributed by atoms with E-state index in [1.165, 1.54) is 0 Å². The summed E-state index contributed by atoms with van der Waals surface area (Å²) in [5.41, 5.74) is 4.09. The number of nitrogens with one attached hydrogen (secondary N) is 2. The molecular formula is C21H20F3N3O4. The number of hydrogen-bond acceptors (Lipinski definition) is 4. The largest absolute Gasteiger partial charge is 0.497 e. The third-order valence-electron chi connectivity index (χ3n) is 4.02. The van der Waals surface area contributed by atoms with Crippen molar-refractivity contribution >= 4 is 11.9 Å². The summed E-state index contributed by atoms with van der Waals surface area (Å²) >= 11 is 0. The third kappa shape index (κ3) is 7.84. The number of aromatic nitrogens is 2. The number of methoxy groups -OCH3 is 1. The number of hydrogen-bond donors (Lipinski definition) is 3. The van der Waals surface area contributed by atoms with Gasteiger partial charge in [-0.2, -0.15) is 18.3 Å². The minimum Gasteiger partial charge on any atom is -0.497 e. The van der Waals surface area contributed by atoms with E-state index < -0.39 is 12.1 Å². The Labute approximate surface area is 175 Å². The Morgan fingerprint density at radius 1 is 1.10 bits per heavy atom. The quantitative estimate of drug-likeness (QED) is 0.549. The predicted octanol–water partition coefficient (Wildman–Crippen LogP) is 3.58. The van der Waals surface area contributed by atoms with Crippen LogP contribution in [0.1, 0.15) is 11.1 Å². The molecule has 0 saturated carbocycles. The molecule has 0 aliphatic heterocycles. The number of H-pyrrole nitrogens is 1. The summed E-state index contributed by atoms with van der Waals surface area (Å²) < 4.78 is 36.9. The summed E-state index contributed by atoms with van der Waals surface area (Å²) in [6.07, 6.45) is -1.11. The van der Waals surface area contributed by atoms with Gasteiger partial charge in [0.25, 0.3) is 0 Å². The maximum atomic E-state index is 12.1. The number of rotatable bonds is 6. The molecule has 164 valence electrons. The summed E-state index contributed by atoms with van der Waals surface area (Å²) in [6, 6.07) is 15.6. The number of carboxylic acids is 1. The second-order valence-corrected chi connectivity index (χ2v) is 6.29. The molecule has 0 saturated heterocycles.